The van der Waals surface area contributed by atoms with Crippen molar-refractivity contribution >= 4 is 5.82 Å². The summed E-state index contributed by atoms with van der Waals surface area (Å²) >= 11 is 0. The summed E-state index contributed by atoms with van der Waals surface area (Å²) in [6.45, 7) is 1.08. The van der Waals surface area contributed by atoms with Crippen molar-refractivity contribution in [3.05, 3.63) is 17.8 Å². The molecule has 1 aromatic heterocycles. The minimum absolute atomic E-state index is 0.283. The molecule has 0 bridgehead atoms. The topological polar surface area (TPSA) is 47.0 Å². The Kier molecular flexibility index (Phi) is 3.66. The number of nitrogens with one attached hydrogen (secondary N) is 1. The van der Waals surface area contributed by atoms with Crippen LogP contribution < -0.4 is 5.32 Å². The standard InChI is InChI=1S/C11H16FN3O/c1-16-6-5-13-11-9(12)10(14-7-15-11)8-3-2-4-8/h7-8H,2-6H2,1H3,(H,13,14,15). The summed E-state index contributed by atoms with van der Waals surface area (Å²) < 4.78 is 18.8. The van der Waals surface area contributed by atoms with Crippen molar-refractivity contribution in [1.29, 1.82) is 0 Å². The lowest BCUT2D eigenvalue weighted by molar-refractivity contribution is 0.210. The zero-order valence-electron chi connectivity index (χ0n) is 9.37. The molecule has 0 aromatic carbocycles. The maximum Gasteiger partial charge on any atom is 0.187 e. The lowest BCUT2D eigenvalue weighted by atomic mass is 9.82. The predicted molar refractivity (Wildman–Crippen MR) is 58.9 cm³/mol. The van der Waals surface area contributed by atoms with Crippen LogP contribution in [0.5, 0.6) is 0 Å². The summed E-state index contributed by atoms with van der Waals surface area (Å²) in [6.07, 6.45) is 4.66. The van der Waals surface area contributed by atoms with Gasteiger partial charge in [0, 0.05) is 19.6 Å². The molecule has 2 rings (SSSR count). The molecule has 0 atom stereocenters. The Hall–Kier alpha value is -1.23. The second-order valence-corrected chi connectivity index (χ2v) is 3.97. The fourth-order valence-electron chi connectivity index (χ4n) is 1.74. The Morgan fingerprint density at radius 2 is 2.31 bits per heavy atom. The van der Waals surface area contributed by atoms with Gasteiger partial charge >= 0.3 is 0 Å². The number of hydrogen-bond donors (Lipinski definition) is 1. The molecule has 4 nitrogen and oxygen atoms in total. The smallest absolute Gasteiger partial charge is 0.187 e. The second-order valence-electron chi connectivity index (χ2n) is 3.97. The number of aromatic nitrogens is 2. The van der Waals surface area contributed by atoms with Crippen molar-refractivity contribution in [2.24, 2.45) is 0 Å². The van der Waals surface area contributed by atoms with Crippen LogP contribution in [0.1, 0.15) is 30.9 Å². The van der Waals surface area contributed by atoms with Crippen LogP contribution in [0.25, 0.3) is 0 Å². The number of nitrogens with zero attached hydrogens (tertiary/aromatic N) is 2. The fraction of sp³-hybridized carbons (Fsp3) is 0.636. The molecule has 1 fully saturated rings. The zero-order valence-corrected chi connectivity index (χ0v) is 9.37. The first-order valence-corrected chi connectivity index (χ1v) is 5.56. The molecule has 0 spiro atoms. The van der Waals surface area contributed by atoms with E-state index in [1.54, 1.807) is 7.11 Å². The van der Waals surface area contributed by atoms with Gasteiger partial charge in [-0.1, -0.05) is 6.42 Å². The van der Waals surface area contributed by atoms with E-state index in [0.717, 1.165) is 12.8 Å². The minimum Gasteiger partial charge on any atom is -0.383 e. The molecule has 88 valence electrons. The van der Waals surface area contributed by atoms with Gasteiger partial charge in [0.2, 0.25) is 0 Å². The van der Waals surface area contributed by atoms with E-state index in [9.17, 15) is 4.39 Å². The van der Waals surface area contributed by atoms with Crippen LogP contribution in [0.15, 0.2) is 6.33 Å². The van der Waals surface area contributed by atoms with Gasteiger partial charge in [-0.3, -0.25) is 0 Å². The third-order valence-corrected chi connectivity index (χ3v) is 2.91. The highest BCUT2D eigenvalue weighted by molar-refractivity contribution is 5.38. The zero-order chi connectivity index (χ0) is 11.4. The first-order valence-electron chi connectivity index (χ1n) is 5.56. The molecular formula is C11H16FN3O. The van der Waals surface area contributed by atoms with Gasteiger partial charge < -0.3 is 10.1 Å². The van der Waals surface area contributed by atoms with Crippen LogP contribution in [-0.2, 0) is 4.74 Å². The summed E-state index contributed by atoms with van der Waals surface area (Å²) in [6, 6.07) is 0. The maximum atomic E-state index is 13.9. The van der Waals surface area contributed by atoms with Gasteiger partial charge in [-0.2, -0.15) is 0 Å². The van der Waals surface area contributed by atoms with E-state index in [2.05, 4.69) is 15.3 Å². The average Bonchev–Trinajstić information content (AvgIpc) is 2.21. The summed E-state index contributed by atoms with van der Waals surface area (Å²) in [5.74, 6) is 0.267. The minimum atomic E-state index is -0.302. The van der Waals surface area contributed by atoms with Gasteiger partial charge in [0.05, 0.1) is 12.3 Å². The number of rotatable bonds is 5. The third kappa shape index (κ3) is 2.29. The van der Waals surface area contributed by atoms with Crippen molar-refractivity contribution in [3.8, 4) is 0 Å². The van der Waals surface area contributed by atoms with Crippen molar-refractivity contribution in [2.75, 3.05) is 25.6 Å². The van der Waals surface area contributed by atoms with E-state index >= 15 is 0 Å². The van der Waals surface area contributed by atoms with Gasteiger partial charge in [-0.05, 0) is 12.8 Å². The van der Waals surface area contributed by atoms with E-state index < -0.39 is 0 Å². The quantitative estimate of drug-likeness (QED) is 0.778. The number of ether oxygens (including phenoxy) is 1. The van der Waals surface area contributed by atoms with E-state index in [-0.39, 0.29) is 17.6 Å². The first-order chi connectivity index (χ1) is 7.83. The molecule has 1 saturated carbocycles. The largest absolute Gasteiger partial charge is 0.383 e. The Labute approximate surface area is 94.2 Å². The van der Waals surface area contributed by atoms with Crippen LogP contribution in [0.3, 0.4) is 0 Å². The summed E-state index contributed by atoms with van der Waals surface area (Å²) in [5, 5.41) is 2.91. The van der Waals surface area contributed by atoms with E-state index in [4.69, 9.17) is 4.74 Å². The van der Waals surface area contributed by atoms with Crippen LogP contribution in [0.4, 0.5) is 10.2 Å². The van der Waals surface area contributed by atoms with Crippen molar-refractivity contribution in [3.63, 3.8) is 0 Å². The molecule has 5 heteroatoms. The molecule has 0 unspecified atom stereocenters. The number of halogens is 1. The fourth-order valence-corrected chi connectivity index (χ4v) is 1.74. The Morgan fingerprint density at radius 3 is 2.94 bits per heavy atom. The highest BCUT2D eigenvalue weighted by atomic mass is 19.1. The lowest BCUT2D eigenvalue weighted by Gasteiger charge is -2.25. The summed E-state index contributed by atoms with van der Waals surface area (Å²) in [7, 11) is 1.61. The van der Waals surface area contributed by atoms with Crippen LogP contribution in [0.2, 0.25) is 0 Å². The van der Waals surface area contributed by atoms with Gasteiger partial charge in [0.15, 0.2) is 11.6 Å². The number of methoxy groups -OCH3 is 1. The normalized spacial score (nSPS) is 15.9. The SMILES string of the molecule is COCCNc1ncnc(C2CCC2)c1F. The Balaban J connectivity index is 2.06. The van der Waals surface area contributed by atoms with Crippen LogP contribution >= 0.6 is 0 Å². The van der Waals surface area contributed by atoms with Gasteiger partial charge in [-0.25, -0.2) is 14.4 Å². The first kappa shape index (κ1) is 11.3. The molecule has 0 amide bonds. The summed E-state index contributed by atoms with van der Waals surface area (Å²) in [5.41, 5.74) is 0.557. The van der Waals surface area contributed by atoms with Crippen LogP contribution in [-0.4, -0.2) is 30.2 Å². The second kappa shape index (κ2) is 5.21. The Bertz CT molecular complexity index is 355. The van der Waals surface area contributed by atoms with Gasteiger partial charge in [-0.15, -0.1) is 0 Å². The van der Waals surface area contributed by atoms with Crippen LogP contribution in [0, 0.1) is 5.82 Å². The summed E-state index contributed by atoms with van der Waals surface area (Å²) in [4.78, 5) is 7.93. The van der Waals surface area contributed by atoms with E-state index in [0.29, 0.717) is 18.8 Å². The van der Waals surface area contributed by atoms with Crippen molar-refractivity contribution in [1.82, 2.24) is 9.97 Å². The molecule has 1 aromatic rings. The Morgan fingerprint density at radius 1 is 1.50 bits per heavy atom. The molecular weight excluding hydrogens is 209 g/mol. The molecule has 1 aliphatic rings. The van der Waals surface area contributed by atoms with Gasteiger partial charge in [0.1, 0.15) is 6.33 Å². The van der Waals surface area contributed by atoms with Crippen molar-refractivity contribution < 1.29 is 9.13 Å². The van der Waals surface area contributed by atoms with Gasteiger partial charge in [0.25, 0.3) is 0 Å². The molecule has 0 aliphatic heterocycles. The highest BCUT2D eigenvalue weighted by Gasteiger charge is 2.25. The number of hydrogen-bond acceptors (Lipinski definition) is 4. The number of anilines is 1. The monoisotopic (exact) mass is 225 g/mol. The average molecular weight is 225 g/mol. The highest BCUT2D eigenvalue weighted by Crippen LogP contribution is 2.37. The maximum absolute atomic E-state index is 13.9. The molecule has 1 N–H and O–H groups in total. The molecule has 16 heavy (non-hydrogen) atoms. The third-order valence-electron chi connectivity index (χ3n) is 2.91. The van der Waals surface area contributed by atoms with E-state index in [1.807, 2.05) is 0 Å². The molecule has 1 heterocycles. The lowest BCUT2D eigenvalue weighted by Crippen LogP contribution is -2.16. The van der Waals surface area contributed by atoms with Crippen molar-refractivity contribution in [2.45, 2.75) is 25.2 Å². The molecule has 0 saturated heterocycles. The predicted octanol–water partition coefficient (Wildman–Crippen LogP) is 1.94. The molecule has 1 aliphatic carbocycles. The molecule has 0 radical (unpaired) electrons. The van der Waals surface area contributed by atoms with E-state index in [1.165, 1.54) is 12.7 Å².